The number of hydrogen-bond acceptors (Lipinski definition) is 3. The minimum absolute atomic E-state index is 0.0521. The second-order valence-corrected chi connectivity index (χ2v) is 3.21. The van der Waals surface area contributed by atoms with Gasteiger partial charge in [-0.3, -0.25) is 5.32 Å². The lowest BCUT2D eigenvalue weighted by atomic mass is 10.3. The van der Waals surface area contributed by atoms with Crippen molar-refractivity contribution in [1.29, 1.82) is 0 Å². The second-order valence-electron chi connectivity index (χ2n) is 2.80. The number of alkyl halides is 1. The highest BCUT2D eigenvalue weighted by Crippen LogP contribution is 2.27. The molecule has 0 heterocycles. The van der Waals surface area contributed by atoms with Crippen molar-refractivity contribution in [3.05, 3.63) is 23.2 Å². The first-order chi connectivity index (χ1) is 7.67. The number of rotatable bonds is 4. The Bertz CT molecular complexity index is 373. The average Bonchev–Trinajstić information content (AvgIpc) is 2.28. The number of halogens is 2. The van der Waals surface area contributed by atoms with Gasteiger partial charge in [0.15, 0.2) is 0 Å². The van der Waals surface area contributed by atoms with E-state index in [0.29, 0.717) is 16.5 Å². The first-order valence-electron chi connectivity index (χ1n) is 4.50. The van der Waals surface area contributed by atoms with Crippen molar-refractivity contribution in [2.24, 2.45) is 0 Å². The van der Waals surface area contributed by atoms with Crippen LogP contribution in [0, 0.1) is 0 Å². The van der Waals surface area contributed by atoms with Crippen LogP contribution in [0.25, 0.3) is 0 Å². The first-order valence-corrected chi connectivity index (χ1v) is 4.88. The minimum Gasteiger partial charge on any atom is -0.489 e. The van der Waals surface area contributed by atoms with E-state index in [1.165, 1.54) is 13.2 Å². The number of benzene rings is 1. The molecule has 1 N–H and O–H groups in total. The molecule has 0 saturated carbocycles. The van der Waals surface area contributed by atoms with Gasteiger partial charge < -0.3 is 9.47 Å². The summed E-state index contributed by atoms with van der Waals surface area (Å²) < 4.78 is 21.3. The number of anilines is 1. The number of nitrogens with one attached hydrogen (secondary N) is 1. The van der Waals surface area contributed by atoms with E-state index in [1.54, 1.807) is 12.1 Å². The number of carbonyl (C=O) groups excluding carboxylic acids is 1. The van der Waals surface area contributed by atoms with Gasteiger partial charge in [-0.05, 0) is 18.2 Å². The lowest BCUT2D eigenvalue weighted by Gasteiger charge is -2.08. The Balaban J connectivity index is 2.70. The number of methoxy groups -OCH3 is 1. The van der Waals surface area contributed by atoms with Gasteiger partial charge >= 0.3 is 6.09 Å². The van der Waals surface area contributed by atoms with Crippen LogP contribution >= 0.6 is 11.6 Å². The van der Waals surface area contributed by atoms with Crippen molar-refractivity contribution in [2.75, 3.05) is 25.7 Å². The largest absolute Gasteiger partial charge is 0.489 e. The predicted molar refractivity (Wildman–Crippen MR) is 58.9 cm³/mol. The Morgan fingerprint density at radius 2 is 2.31 bits per heavy atom. The van der Waals surface area contributed by atoms with Gasteiger partial charge in [0.25, 0.3) is 0 Å². The summed E-state index contributed by atoms with van der Waals surface area (Å²) in [6.07, 6.45) is -0.589. The third kappa shape index (κ3) is 3.58. The Labute approximate surface area is 97.3 Å². The van der Waals surface area contributed by atoms with Crippen molar-refractivity contribution in [2.45, 2.75) is 0 Å². The molecule has 0 radical (unpaired) electrons. The third-order valence-corrected chi connectivity index (χ3v) is 1.99. The third-order valence-electron chi connectivity index (χ3n) is 1.70. The summed E-state index contributed by atoms with van der Waals surface area (Å²) in [5, 5.41) is 2.73. The molecule has 0 aliphatic rings. The van der Waals surface area contributed by atoms with Gasteiger partial charge in [-0.1, -0.05) is 11.6 Å². The van der Waals surface area contributed by atoms with Crippen LogP contribution in [0.4, 0.5) is 14.9 Å². The summed E-state index contributed by atoms with van der Waals surface area (Å²) >= 11 is 5.85. The zero-order chi connectivity index (χ0) is 12.0. The smallest absolute Gasteiger partial charge is 0.411 e. The number of carbonyl (C=O) groups is 1. The van der Waals surface area contributed by atoms with E-state index in [9.17, 15) is 9.18 Å². The molecule has 0 aliphatic carbocycles. The minimum atomic E-state index is -0.589. The number of amides is 1. The van der Waals surface area contributed by atoms with Crippen LogP contribution in [-0.2, 0) is 4.74 Å². The Kier molecular flexibility index (Phi) is 4.85. The van der Waals surface area contributed by atoms with Gasteiger partial charge in [0.05, 0.1) is 12.1 Å². The highest BCUT2D eigenvalue weighted by molar-refractivity contribution is 6.32. The molecule has 0 bridgehead atoms. The van der Waals surface area contributed by atoms with E-state index in [0.717, 1.165) is 0 Å². The highest BCUT2D eigenvalue weighted by atomic mass is 35.5. The van der Waals surface area contributed by atoms with Crippen LogP contribution in [0.5, 0.6) is 5.75 Å². The molecule has 1 aromatic carbocycles. The summed E-state index contributed by atoms with van der Waals surface area (Å²) in [5.74, 6) is 0.370. The highest BCUT2D eigenvalue weighted by Gasteiger charge is 2.05. The quantitative estimate of drug-likeness (QED) is 0.890. The van der Waals surface area contributed by atoms with Gasteiger partial charge in [-0.2, -0.15) is 0 Å². The number of hydrogen-bond donors (Lipinski definition) is 1. The standard InChI is InChI=1S/C10H11ClFNO3/c1-15-10(14)13-7-2-3-9(8(11)6-7)16-5-4-12/h2-3,6H,4-5H2,1H3,(H,13,14). The summed E-state index contributed by atoms with van der Waals surface area (Å²) in [7, 11) is 1.26. The SMILES string of the molecule is COC(=O)Nc1ccc(OCCF)c(Cl)c1. The molecule has 16 heavy (non-hydrogen) atoms. The first kappa shape index (κ1) is 12.6. The van der Waals surface area contributed by atoms with Crippen LogP contribution in [-0.4, -0.2) is 26.5 Å². The van der Waals surface area contributed by atoms with Gasteiger partial charge in [-0.15, -0.1) is 0 Å². The fourth-order valence-corrected chi connectivity index (χ4v) is 1.25. The zero-order valence-corrected chi connectivity index (χ0v) is 9.38. The molecular weight excluding hydrogens is 237 g/mol. The van der Waals surface area contributed by atoms with E-state index in [4.69, 9.17) is 16.3 Å². The van der Waals surface area contributed by atoms with Crippen LogP contribution in [0.15, 0.2) is 18.2 Å². The summed E-state index contributed by atoms with van der Waals surface area (Å²) in [5.41, 5.74) is 0.476. The van der Waals surface area contributed by atoms with Crippen LogP contribution in [0.3, 0.4) is 0 Å². The van der Waals surface area contributed by atoms with Crippen molar-refractivity contribution in [3.63, 3.8) is 0 Å². The van der Waals surface area contributed by atoms with Crippen LogP contribution in [0.1, 0.15) is 0 Å². The summed E-state index contributed by atoms with van der Waals surface area (Å²) in [4.78, 5) is 10.9. The van der Waals surface area contributed by atoms with Gasteiger partial charge in [0.2, 0.25) is 0 Å². The zero-order valence-electron chi connectivity index (χ0n) is 8.63. The maximum atomic E-state index is 11.9. The molecule has 0 aliphatic heterocycles. The molecule has 1 rings (SSSR count). The van der Waals surface area contributed by atoms with Crippen LogP contribution < -0.4 is 10.1 Å². The normalized spacial score (nSPS) is 9.69. The molecule has 0 atom stereocenters. The van der Waals surface area contributed by atoms with Crippen molar-refractivity contribution in [3.8, 4) is 5.75 Å². The maximum Gasteiger partial charge on any atom is 0.411 e. The molecule has 0 aromatic heterocycles. The molecule has 1 aromatic rings. The Morgan fingerprint density at radius 3 is 2.88 bits per heavy atom. The molecular formula is C10H11ClFNO3. The molecule has 1 amide bonds. The van der Waals surface area contributed by atoms with Crippen molar-refractivity contribution in [1.82, 2.24) is 0 Å². The lowest BCUT2D eigenvalue weighted by molar-refractivity contribution is 0.187. The van der Waals surface area contributed by atoms with E-state index >= 15 is 0 Å². The van der Waals surface area contributed by atoms with Crippen molar-refractivity contribution >= 4 is 23.4 Å². The van der Waals surface area contributed by atoms with E-state index in [1.807, 2.05) is 0 Å². The molecule has 4 nitrogen and oxygen atoms in total. The molecule has 0 saturated heterocycles. The Hall–Kier alpha value is -1.49. The summed E-state index contributed by atoms with van der Waals surface area (Å²) in [6.45, 7) is -0.637. The van der Waals surface area contributed by atoms with Crippen LogP contribution in [0.2, 0.25) is 5.02 Å². The molecule has 88 valence electrons. The lowest BCUT2D eigenvalue weighted by Crippen LogP contribution is -2.10. The monoisotopic (exact) mass is 247 g/mol. The number of ether oxygens (including phenoxy) is 2. The molecule has 0 fully saturated rings. The fourth-order valence-electron chi connectivity index (χ4n) is 1.01. The molecule has 0 unspecified atom stereocenters. The molecule has 6 heteroatoms. The predicted octanol–water partition coefficient (Wildman–Crippen LogP) is 2.87. The van der Waals surface area contributed by atoms with Crippen molar-refractivity contribution < 1.29 is 18.7 Å². The topological polar surface area (TPSA) is 47.6 Å². The second kappa shape index (κ2) is 6.17. The summed E-state index contributed by atoms with van der Waals surface area (Å²) in [6, 6.07) is 4.62. The van der Waals surface area contributed by atoms with Gasteiger partial charge in [0.1, 0.15) is 19.0 Å². The van der Waals surface area contributed by atoms with Gasteiger partial charge in [-0.25, -0.2) is 9.18 Å². The maximum absolute atomic E-state index is 11.9. The fraction of sp³-hybridized carbons (Fsp3) is 0.300. The average molecular weight is 248 g/mol. The van der Waals surface area contributed by atoms with Gasteiger partial charge in [0, 0.05) is 5.69 Å². The van der Waals surface area contributed by atoms with E-state index in [-0.39, 0.29) is 6.61 Å². The Morgan fingerprint density at radius 1 is 1.56 bits per heavy atom. The van der Waals surface area contributed by atoms with E-state index < -0.39 is 12.8 Å². The van der Waals surface area contributed by atoms with E-state index in [2.05, 4.69) is 10.1 Å². The molecule has 0 spiro atoms.